The molecule has 1 saturated carbocycles. The molecule has 0 bridgehead atoms. The lowest BCUT2D eigenvalue weighted by molar-refractivity contribution is -0.119. The van der Waals surface area contributed by atoms with Gasteiger partial charge in [0.05, 0.1) is 5.25 Å². The van der Waals surface area contributed by atoms with Crippen molar-refractivity contribution in [2.75, 3.05) is 5.73 Å². The van der Waals surface area contributed by atoms with Gasteiger partial charge in [-0.3, -0.25) is 9.52 Å². The number of hydrogen-bond donors (Lipinski definition) is 2. The highest BCUT2D eigenvalue weighted by Gasteiger charge is 2.36. The standard InChI is InChI=1S/C12H16N2O3S/c13-11-4-2-1-3-9(11)5-8-12(15)14-18(16,17)10-6-7-10/h1-4,10H,5-8,13H2,(H,14,15). The van der Waals surface area contributed by atoms with E-state index in [2.05, 4.69) is 4.72 Å². The summed E-state index contributed by atoms with van der Waals surface area (Å²) in [5, 5.41) is -0.372. The SMILES string of the molecule is Nc1ccccc1CCC(=O)NS(=O)(=O)C1CC1. The van der Waals surface area contributed by atoms with Crippen LogP contribution in [0.4, 0.5) is 5.69 Å². The van der Waals surface area contributed by atoms with E-state index in [0.717, 1.165) is 5.56 Å². The van der Waals surface area contributed by atoms with Crippen LogP contribution in [0.2, 0.25) is 0 Å². The Balaban J connectivity index is 1.87. The molecule has 2 rings (SSSR count). The number of amides is 1. The number of rotatable bonds is 5. The number of aryl methyl sites for hydroxylation is 1. The van der Waals surface area contributed by atoms with Crippen LogP contribution in [0.3, 0.4) is 0 Å². The Labute approximate surface area is 106 Å². The second-order valence-electron chi connectivity index (χ2n) is 4.47. The smallest absolute Gasteiger partial charge is 0.237 e. The Morgan fingerprint density at radius 3 is 2.61 bits per heavy atom. The van der Waals surface area contributed by atoms with Crippen molar-refractivity contribution in [3.8, 4) is 0 Å². The molecule has 0 unspecified atom stereocenters. The summed E-state index contributed by atoms with van der Waals surface area (Å²) in [6.07, 6.45) is 1.86. The highest BCUT2D eigenvalue weighted by Crippen LogP contribution is 2.27. The molecule has 0 aliphatic heterocycles. The summed E-state index contributed by atoms with van der Waals surface area (Å²) in [7, 11) is -3.43. The minimum absolute atomic E-state index is 0.125. The highest BCUT2D eigenvalue weighted by molar-refractivity contribution is 7.90. The number of hydrogen-bond acceptors (Lipinski definition) is 4. The monoisotopic (exact) mass is 268 g/mol. The first-order chi connectivity index (χ1) is 8.49. The fourth-order valence-electron chi connectivity index (χ4n) is 1.68. The molecule has 0 heterocycles. The predicted octanol–water partition coefficient (Wildman–Crippen LogP) is 0.810. The van der Waals surface area contributed by atoms with Crippen LogP contribution in [0.15, 0.2) is 24.3 Å². The van der Waals surface area contributed by atoms with E-state index >= 15 is 0 Å². The molecule has 18 heavy (non-hydrogen) atoms. The number of nitrogen functional groups attached to an aromatic ring is 1. The molecule has 0 atom stereocenters. The summed E-state index contributed by atoms with van der Waals surface area (Å²) in [6, 6.07) is 7.24. The number of para-hydroxylation sites is 1. The molecular weight excluding hydrogens is 252 g/mol. The molecule has 1 aliphatic carbocycles. The quantitative estimate of drug-likeness (QED) is 0.773. The topological polar surface area (TPSA) is 89.3 Å². The number of sulfonamides is 1. The van der Waals surface area contributed by atoms with E-state index in [4.69, 9.17) is 5.73 Å². The molecule has 6 heteroatoms. The van der Waals surface area contributed by atoms with Crippen LogP contribution in [-0.2, 0) is 21.2 Å². The molecule has 98 valence electrons. The van der Waals surface area contributed by atoms with Gasteiger partial charge in [0, 0.05) is 12.1 Å². The molecule has 3 N–H and O–H groups in total. The van der Waals surface area contributed by atoms with Crippen molar-refractivity contribution in [3.63, 3.8) is 0 Å². The maximum absolute atomic E-state index is 11.5. The minimum atomic E-state index is -3.43. The lowest BCUT2D eigenvalue weighted by Gasteiger charge is -2.07. The third-order valence-corrected chi connectivity index (χ3v) is 4.76. The van der Waals surface area contributed by atoms with Gasteiger partial charge in [-0.2, -0.15) is 0 Å². The number of nitrogens with one attached hydrogen (secondary N) is 1. The molecule has 1 aromatic rings. The van der Waals surface area contributed by atoms with E-state index in [-0.39, 0.29) is 11.7 Å². The zero-order chi connectivity index (χ0) is 13.2. The van der Waals surface area contributed by atoms with Crippen molar-refractivity contribution in [2.45, 2.75) is 30.9 Å². The molecule has 0 radical (unpaired) electrons. The van der Waals surface area contributed by atoms with Crippen molar-refractivity contribution < 1.29 is 13.2 Å². The number of nitrogens with two attached hydrogens (primary N) is 1. The summed E-state index contributed by atoms with van der Waals surface area (Å²) >= 11 is 0. The molecule has 1 fully saturated rings. The average molecular weight is 268 g/mol. The van der Waals surface area contributed by atoms with E-state index in [0.29, 0.717) is 24.9 Å². The van der Waals surface area contributed by atoms with E-state index in [9.17, 15) is 13.2 Å². The Hall–Kier alpha value is -1.56. The van der Waals surface area contributed by atoms with Crippen molar-refractivity contribution >= 4 is 21.6 Å². The van der Waals surface area contributed by atoms with Gasteiger partial charge in [-0.15, -0.1) is 0 Å². The second kappa shape index (κ2) is 4.97. The Morgan fingerprint density at radius 1 is 1.33 bits per heavy atom. The van der Waals surface area contributed by atoms with Gasteiger partial charge in [-0.1, -0.05) is 18.2 Å². The number of carbonyl (C=O) groups is 1. The zero-order valence-electron chi connectivity index (χ0n) is 9.93. The number of carbonyl (C=O) groups excluding carboxylic acids is 1. The molecule has 0 saturated heterocycles. The Morgan fingerprint density at radius 2 is 2.00 bits per heavy atom. The third kappa shape index (κ3) is 3.22. The summed E-state index contributed by atoms with van der Waals surface area (Å²) in [6.45, 7) is 0. The normalized spacial score (nSPS) is 15.3. The van der Waals surface area contributed by atoms with Crippen molar-refractivity contribution in [1.29, 1.82) is 0 Å². The van der Waals surface area contributed by atoms with Crippen LogP contribution >= 0.6 is 0 Å². The first-order valence-electron chi connectivity index (χ1n) is 5.87. The van der Waals surface area contributed by atoms with Crippen LogP contribution in [0.5, 0.6) is 0 Å². The van der Waals surface area contributed by atoms with Gasteiger partial charge in [-0.05, 0) is 30.9 Å². The first-order valence-corrected chi connectivity index (χ1v) is 7.41. The van der Waals surface area contributed by atoms with Crippen molar-refractivity contribution in [3.05, 3.63) is 29.8 Å². The maximum Gasteiger partial charge on any atom is 0.237 e. The van der Waals surface area contributed by atoms with Crippen LogP contribution in [0.25, 0.3) is 0 Å². The van der Waals surface area contributed by atoms with Crippen molar-refractivity contribution in [2.24, 2.45) is 0 Å². The van der Waals surface area contributed by atoms with Gasteiger partial charge in [0.2, 0.25) is 15.9 Å². The van der Waals surface area contributed by atoms with E-state index in [1.807, 2.05) is 18.2 Å². The summed E-state index contributed by atoms with van der Waals surface area (Å²) in [5.74, 6) is -0.467. The van der Waals surface area contributed by atoms with E-state index in [1.165, 1.54) is 0 Å². The lowest BCUT2D eigenvalue weighted by atomic mass is 10.1. The molecule has 1 aromatic carbocycles. The maximum atomic E-state index is 11.5. The highest BCUT2D eigenvalue weighted by atomic mass is 32.2. The molecule has 1 aliphatic rings. The summed E-state index contributed by atoms with van der Waals surface area (Å²) < 4.78 is 25.2. The average Bonchev–Trinajstić information content (AvgIpc) is 3.11. The Kier molecular flexibility index (Phi) is 3.56. The predicted molar refractivity (Wildman–Crippen MR) is 69.3 cm³/mol. The summed E-state index contributed by atoms with van der Waals surface area (Å²) in [5.41, 5.74) is 7.22. The lowest BCUT2D eigenvalue weighted by Crippen LogP contribution is -2.33. The summed E-state index contributed by atoms with van der Waals surface area (Å²) in [4.78, 5) is 11.5. The van der Waals surface area contributed by atoms with Gasteiger partial charge < -0.3 is 5.73 Å². The van der Waals surface area contributed by atoms with Gasteiger partial charge >= 0.3 is 0 Å². The fourth-order valence-corrected chi connectivity index (χ4v) is 3.02. The zero-order valence-corrected chi connectivity index (χ0v) is 10.7. The third-order valence-electron chi connectivity index (χ3n) is 2.90. The largest absolute Gasteiger partial charge is 0.399 e. The fraction of sp³-hybridized carbons (Fsp3) is 0.417. The number of benzene rings is 1. The first kappa shape index (κ1) is 12.9. The van der Waals surface area contributed by atoms with Crippen LogP contribution in [0, 0.1) is 0 Å². The molecule has 0 aromatic heterocycles. The van der Waals surface area contributed by atoms with Crippen LogP contribution in [0.1, 0.15) is 24.8 Å². The Bertz CT molecular complexity index is 550. The molecule has 0 spiro atoms. The molecular formula is C12H16N2O3S. The van der Waals surface area contributed by atoms with Crippen LogP contribution in [-0.4, -0.2) is 19.6 Å². The van der Waals surface area contributed by atoms with Gasteiger partial charge in [-0.25, -0.2) is 8.42 Å². The van der Waals surface area contributed by atoms with Crippen LogP contribution < -0.4 is 10.5 Å². The van der Waals surface area contributed by atoms with Gasteiger partial charge in [0.25, 0.3) is 0 Å². The molecule has 1 amide bonds. The van der Waals surface area contributed by atoms with E-state index in [1.54, 1.807) is 6.07 Å². The van der Waals surface area contributed by atoms with Gasteiger partial charge in [0.15, 0.2) is 0 Å². The second-order valence-corrected chi connectivity index (χ2v) is 6.43. The number of anilines is 1. The van der Waals surface area contributed by atoms with E-state index < -0.39 is 15.9 Å². The van der Waals surface area contributed by atoms with Crippen molar-refractivity contribution in [1.82, 2.24) is 4.72 Å². The van der Waals surface area contributed by atoms with Gasteiger partial charge in [0.1, 0.15) is 0 Å². The minimum Gasteiger partial charge on any atom is -0.399 e. The molecule has 5 nitrogen and oxygen atoms in total.